The fourth-order valence-electron chi connectivity index (χ4n) is 4.69. The summed E-state index contributed by atoms with van der Waals surface area (Å²) in [6.07, 6.45) is 4.17. The number of hydrogen-bond acceptors (Lipinski definition) is 2. The Morgan fingerprint density at radius 1 is 1.08 bits per heavy atom. The van der Waals surface area contributed by atoms with Crippen LogP contribution in [-0.2, 0) is 12.0 Å². The van der Waals surface area contributed by atoms with Crippen LogP contribution in [0.15, 0.2) is 48.5 Å². The van der Waals surface area contributed by atoms with E-state index in [2.05, 4.69) is 48.2 Å². The summed E-state index contributed by atoms with van der Waals surface area (Å²) in [5.74, 6) is 0. The van der Waals surface area contributed by atoms with Gasteiger partial charge in [0.25, 0.3) is 0 Å². The molecule has 2 aromatic rings. The number of nitrogens with zero attached hydrogens (tertiary/aromatic N) is 1. The zero-order chi connectivity index (χ0) is 16.8. The highest BCUT2D eigenvalue weighted by atomic mass is 35.5. The van der Waals surface area contributed by atoms with E-state index in [0.717, 1.165) is 43.8 Å². The van der Waals surface area contributed by atoms with Gasteiger partial charge in [-0.3, -0.25) is 4.90 Å². The minimum atomic E-state index is -0.123. The number of halogens is 1. The molecule has 126 valence electrons. The Balaban J connectivity index is 1.95. The Bertz CT molecular complexity index is 742. The third-order valence-corrected chi connectivity index (χ3v) is 6.42. The quantitative estimate of drug-likeness (QED) is 0.881. The highest BCUT2D eigenvalue weighted by Gasteiger charge is 2.51. The van der Waals surface area contributed by atoms with E-state index in [0.29, 0.717) is 0 Å². The van der Waals surface area contributed by atoms with E-state index in [-0.39, 0.29) is 11.1 Å². The van der Waals surface area contributed by atoms with Gasteiger partial charge >= 0.3 is 0 Å². The topological polar surface area (TPSA) is 29.3 Å². The summed E-state index contributed by atoms with van der Waals surface area (Å²) in [4.78, 5) is 2.65. The molecule has 0 bridgehead atoms. The second kappa shape index (κ2) is 5.87. The van der Waals surface area contributed by atoms with Gasteiger partial charge in [0.2, 0.25) is 0 Å². The molecule has 1 fully saturated rings. The molecule has 2 N–H and O–H groups in total. The van der Waals surface area contributed by atoms with Crippen LogP contribution in [0.2, 0.25) is 5.02 Å². The first kappa shape index (κ1) is 16.1. The van der Waals surface area contributed by atoms with Gasteiger partial charge < -0.3 is 5.73 Å². The molecule has 0 amide bonds. The van der Waals surface area contributed by atoms with Crippen molar-refractivity contribution in [3.05, 3.63) is 70.2 Å². The van der Waals surface area contributed by atoms with E-state index in [9.17, 15) is 0 Å². The molecule has 24 heavy (non-hydrogen) atoms. The molecule has 0 radical (unpaired) electrons. The first-order chi connectivity index (χ1) is 11.6. The van der Waals surface area contributed by atoms with Gasteiger partial charge in [0.05, 0.1) is 5.54 Å². The zero-order valence-electron chi connectivity index (χ0n) is 14.3. The third kappa shape index (κ3) is 2.40. The minimum Gasteiger partial charge on any atom is -0.325 e. The first-order valence-electron chi connectivity index (χ1n) is 8.96. The summed E-state index contributed by atoms with van der Waals surface area (Å²) in [7, 11) is 0. The summed E-state index contributed by atoms with van der Waals surface area (Å²) in [6, 6.07) is 17.3. The van der Waals surface area contributed by atoms with Crippen molar-refractivity contribution < 1.29 is 0 Å². The van der Waals surface area contributed by atoms with Gasteiger partial charge in [-0.2, -0.15) is 0 Å². The van der Waals surface area contributed by atoms with Crippen LogP contribution in [0.4, 0.5) is 0 Å². The van der Waals surface area contributed by atoms with Crippen molar-refractivity contribution in [1.82, 2.24) is 4.90 Å². The van der Waals surface area contributed by atoms with Gasteiger partial charge in [-0.15, -0.1) is 0 Å². The maximum atomic E-state index is 6.82. The molecule has 2 aliphatic rings. The molecule has 0 aliphatic carbocycles. The highest BCUT2D eigenvalue weighted by Crippen LogP contribution is 2.50. The predicted octanol–water partition coefficient (Wildman–Crippen LogP) is 4.34. The molecule has 2 nitrogen and oxygen atoms in total. The zero-order valence-corrected chi connectivity index (χ0v) is 15.0. The van der Waals surface area contributed by atoms with Crippen LogP contribution in [0.5, 0.6) is 0 Å². The number of benzene rings is 2. The lowest BCUT2D eigenvalue weighted by Gasteiger charge is -2.56. The fraction of sp³-hybridized carbons (Fsp3) is 0.429. The van der Waals surface area contributed by atoms with E-state index in [4.69, 9.17) is 17.3 Å². The van der Waals surface area contributed by atoms with Crippen LogP contribution in [0.25, 0.3) is 0 Å². The largest absolute Gasteiger partial charge is 0.325 e. The van der Waals surface area contributed by atoms with Crippen LogP contribution in [0, 0.1) is 0 Å². The number of piperidine rings is 1. The molecule has 2 aliphatic heterocycles. The lowest BCUT2D eigenvalue weighted by molar-refractivity contribution is 0.0242. The van der Waals surface area contributed by atoms with Crippen molar-refractivity contribution in [1.29, 1.82) is 0 Å². The Hall–Kier alpha value is -1.35. The maximum absolute atomic E-state index is 6.82. The summed E-state index contributed by atoms with van der Waals surface area (Å²) >= 11 is 6.17. The van der Waals surface area contributed by atoms with Crippen LogP contribution >= 0.6 is 11.6 Å². The molecule has 0 aromatic heterocycles. The highest BCUT2D eigenvalue weighted by molar-refractivity contribution is 6.30. The van der Waals surface area contributed by atoms with E-state index in [1.807, 2.05) is 12.1 Å². The third-order valence-electron chi connectivity index (χ3n) is 6.17. The van der Waals surface area contributed by atoms with E-state index in [1.165, 1.54) is 16.7 Å². The Kier molecular flexibility index (Phi) is 3.95. The monoisotopic (exact) mass is 340 g/mol. The van der Waals surface area contributed by atoms with Gasteiger partial charge in [-0.25, -0.2) is 0 Å². The Morgan fingerprint density at radius 3 is 2.58 bits per heavy atom. The van der Waals surface area contributed by atoms with E-state index < -0.39 is 0 Å². The molecule has 0 saturated carbocycles. The Morgan fingerprint density at radius 2 is 1.83 bits per heavy atom. The number of fused-ring (bicyclic) bond motifs is 3. The fourth-order valence-corrected chi connectivity index (χ4v) is 4.82. The van der Waals surface area contributed by atoms with Crippen molar-refractivity contribution in [2.45, 2.75) is 43.7 Å². The normalized spacial score (nSPS) is 29.8. The first-order valence-corrected chi connectivity index (χ1v) is 9.34. The molecule has 2 atom stereocenters. The molecule has 2 unspecified atom stereocenters. The minimum absolute atomic E-state index is 0.111. The second-order valence-electron chi connectivity index (χ2n) is 7.40. The summed E-state index contributed by atoms with van der Waals surface area (Å²) < 4.78 is 0. The number of hydrogen-bond donors (Lipinski definition) is 1. The average molecular weight is 341 g/mol. The molecule has 0 spiro atoms. The summed E-state index contributed by atoms with van der Waals surface area (Å²) in [5, 5.41) is 0.788. The molecule has 2 aromatic carbocycles. The van der Waals surface area contributed by atoms with Crippen LogP contribution < -0.4 is 5.73 Å². The smallest absolute Gasteiger partial charge is 0.0736 e. The van der Waals surface area contributed by atoms with E-state index >= 15 is 0 Å². The van der Waals surface area contributed by atoms with Gasteiger partial charge in [0.15, 0.2) is 0 Å². The van der Waals surface area contributed by atoms with Gasteiger partial charge in [-0.1, -0.05) is 54.9 Å². The lowest BCUT2D eigenvalue weighted by Crippen LogP contribution is -2.62. The summed E-state index contributed by atoms with van der Waals surface area (Å²) in [6.45, 7) is 4.38. The second-order valence-corrected chi connectivity index (χ2v) is 7.84. The van der Waals surface area contributed by atoms with Crippen LogP contribution in [-0.4, -0.2) is 23.5 Å². The predicted molar refractivity (Wildman–Crippen MR) is 100 cm³/mol. The molecule has 1 saturated heterocycles. The molecule has 2 heterocycles. The van der Waals surface area contributed by atoms with Gasteiger partial charge in [0, 0.05) is 23.7 Å². The van der Waals surface area contributed by atoms with Crippen molar-refractivity contribution in [2.75, 3.05) is 13.1 Å². The van der Waals surface area contributed by atoms with Crippen LogP contribution in [0.1, 0.15) is 42.9 Å². The standard InChI is InChI=1S/C21H25ClN2/c1-2-20(23)12-14-24-13-11-16-5-3-4-6-19(16)21(24,15-20)17-7-9-18(22)10-8-17/h3-10H,2,11-15,23H2,1H3. The lowest BCUT2D eigenvalue weighted by atomic mass is 9.65. The molecule has 3 heteroatoms. The van der Waals surface area contributed by atoms with Gasteiger partial charge in [-0.05, 0) is 54.5 Å². The maximum Gasteiger partial charge on any atom is 0.0736 e. The van der Waals surface area contributed by atoms with Crippen molar-refractivity contribution in [3.63, 3.8) is 0 Å². The Labute approximate surface area is 149 Å². The van der Waals surface area contributed by atoms with Gasteiger partial charge in [0.1, 0.15) is 0 Å². The van der Waals surface area contributed by atoms with Crippen molar-refractivity contribution in [3.8, 4) is 0 Å². The number of nitrogens with two attached hydrogens (primary N) is 1. The van der Waals surface area contributed by atoms with Crippen molar-refractivity contribution >= 4 is 11.6 Å². The number of rotatable bonds is 2. The molecular weight excluding hydrogens is 316 g/mol. The summed E-state index contributed by atoms with van der Waals surface area (Å²) in [5.41, 5.74) is 10.8. The molecule has 4 rings (SSSR count). The van der Waals surface area contributed by atoms with Crippen molar-refractivity contribution in [2.24, 2.45) is 5.73 Å². The van der Waals surface area contributed by atoms with E-state index in [1.54, 1.807) is 0 Å². The average Bonchev–Trinajstić information content (AvgIpc) is 2.62. The SMILES string of the molecule is CCC1(N)CCN2CCc3ccccc3C2(c2ccc(Cl)cc2)C1. The van der Waals surface area contributed by atoms with Crippen LogP contribution in [0.3, 0.4) is 0 Å². The molecular formula is C21H25ClN2.